The number of fused-ring (bicyclic) bond motifs is 1. The number of pyridine rings is 1. The maximum Gasteiger partial charge on any atom is 0.184 e. The molecule has 1 N–H and O–H groups in total. The van der Waals surface area contributed by atoms with E-state index in [1.54, 1.807) is 0 Å². The van der Waals surface area contributed by atoms with E-state index in [4.69, 9.17) is 5.21 Å². The Balaban J connectivity index is 2.82. The van der Waals surface area contributed by atoms with Gasteiger partial charge in [-0.25, -0.2) is 4.98 Å². The molecule has 0 saturated carbocycles. The van der Waals surface area contributed by atoms with Gasteiger partial charge in [-0.1, -0.05) is 0 Å². The van der Waals surface area contributed by atoms with E-state index in [1.165, 1.54) is 6.20 Å². The number of nitrogens with zero attached hydrogens (tertiary/aromatic N) is 3. The minimum atomic E-state index is 0.576. The minimum Gasteiger partial charge on any atom is -0.412 e. The highest BCUT2D eigenvalue weighted by Crippen LogP contribution is 2.08. The fourth-order valence-corrected chi connectivity index (χ4v) is 0.985. The Bertz CT molecular complexity index is 393. The van der Waals surface area contributed by atoms with Gasteiger partial charge in [0.25, 0.3) is 0 Å². The Kier molecular flexibility index (Phi) is 1.09. The summed E-state index contributed by atoms with van der Waals surface area (Å²) in [6.45, 7) is 1.88. The summed E-state index contributed by atoms with van der Waals surface area (Å²) in [4.78, 5) is 4.88. The van der Waals surface area contributed by atoms with Gasteiger partial charge in [0.1, 0.15) is 0 Å². The zero-order valence-corrected chi connectivity index (χ0v) is 6.02. The van der Waals surface area contributed by atoms with E-state index >= 15 is 0 Å². The molecule has 2 heterocycles. The van der Waals surface area contributed by atoms with Gasteiger partial charge in [0.05, 0.1) is 6.20 Å². The molecule has 0 aliphatic carbocycles. The Labute approximate surface area is 63.1 Å². The molecule has 11 heavy (non-hydrogen) atoms. The summed E-state index contributed by atoms with van der Waals surface area (Å²) >= 11 is 0. The zero-order valence-electron chi connectivity index (χ0n) is 6.02. The lowest BCUT2D eigenvalue weighted by Crippen LogP contribution is -1.88. The van der Waals surface area contributed by atoms with Crippen LogP contribution in [0.5, 0.6) is 0 Å². The molecule has 0 bridgehead atoms. The van der Waals surface area contributed by atoms with Crippen molar-refractivity contribution in [3.05, 3.63) is 24.0 Å². The van der Waals surface area contributed by atoms with Crippen molar-refractivity contribution in [2.75, 3.05) is 0 Å². The first-order valence-electron chi connectivity index (χ1n) is 3.28. The monoisotopic (exact) mass is 149 g/mol. The van der Waals surface area contributed by atoms with Crippen LogP contribution in [0, 0.1) is 6.92 Å². The molecular formula is C7H7N3O. The van der Waals surface area contributed by atoms with Gasteiger partial charge in [0.15, 0.2) is 5.65 Å². The molecule has 0 spiro atoms. The summed E-state index contributed by atoms with van der Waals surface area (Å²) in [5, 5.41) is 13.5. The molecule has 0 fully saturated rings. The molecule has 0 saturated heterocycles. The normalized spacial score (nSPS) is 10.6. The Morgan fingerprint density at radius 2 is 2.27 bits per heavy atom. The van der Waals surface area contributed by atoms with Gasteiger partial charge in [-0.3, -0.25) is 0 Å². The third-order valence-corrected chi connectivity index (χ3v) is 1.50. The van der Waals surface area contributed by atoms with Crippen LogP contribution >= 0.6 is 0 Å². The molecule has 0 atom stereocenters. The minimum absolute atomic E-state index is 0.576. The topological polar surface area (TPSA) is 50.9 Å². The van der Waals surface area contributed by atoms with Crippen molar-refractivity contribution in [2.24, 2.45) is 0 Å². The standard InChI is InChI=1S/C7H7N3O/c1-5-2-3-6-4-10(11)9-7(6)8-5/h2-4,11H,1H3. The maximum atomic E-state index is 8.91. The van der Waals surface area contributed by atoms with Crippen molar-refractivity contribution < 1.29 is 5.21 Å². The van der Waals surface area contributed by atoms with Crippen LogP contribution in [0.4, 0.5) is 0 Å². The first-order chi connectivity index (χ1) is 5.25. The van der Waals surface area contributed by atoms with Crippen molar-refractivity contribution in [2.45, 2.75) is 6.92 Å². The fourth-order valence-electron chi connectivity index (χ4n) is 0.985. The van der Waals surface area contributed by atoms with E-state index in [0.717, 1.165) is 15.9 Å². The van der Waals surface area contributed by atoms with Gasteiger partial charge < -0.3 is 5.21 Å². The highest BCUT2D eigenvalue weighted by molar-refractivity contribution is 5.73. The lowest BCUT2D eigenvalue weighted by atomic mass is 10.3. The molecule has 2 aromatic heterocycles. The molecular weight excluding hydrogens is 142 g/mol. The average Bonchev–Trinajstić information content (AvgIpc) is 2.27. The van der Waals surface area contributed by atoms with E-state index < -0.39 is 0 Å². The Hall–Kier alpha value is -1.58. The lowest BCUT2D eigenvalue weighted by Gasteiger charge is -1.87. The molecule has 4 heteroatoms. The fraction of sp³-hybridized carbons (Fsp3) is 0.143. The first-order valence-corrected chi connectivity index (χ1v) is 3.28. The van der Waals surface area contributed by atoms with Crippen molar-refractivity contribution in [1.82, 2.24) is 14.9 Å². The Morgan fingerprint density at radius 3 is 3.09 bits per heavy atom. The second-order valence-corrected chi connectivity index (χ2v) is 2.41. The molecule has 0 unspecified atom stereocenters. The van der Waals surface area contributed by atoms with E-state index in [1.807, 2.05) is 19.1 Å². The van der Waals surface area contributed by atoms with Gasteiger partial charge >= 0.3 is 0 Å². The zero-order chi connectivity index (χ0) is 7.84. The molecule has 2 rings (SSSR count). The van der Waals surface area contributed by atoms with Crippen LogP contribution < -0.4 is 0 Å². The van der Waals surface area contributed by atoms with Gasteiger partial charge in [-0.15, -0.1) is 9.94 Å². The number of rotatable bonds is 0. The first kappa shape index (κ1) is 6.15. The van der Waals surface area contributed by atoms with E-state index in [-0.39, 0.29) is 0 Å². The third kappa shape index (κ3) is 0.920. The number of hydrogen-bond donors (Lipinski definition) is 1. The van der Waals surface area contributed by atoms with Crippen LogP contribution in [0.25, 0.3) is 11.0 Å². The van der Waals surface area contributed by atoms with Gasteiger partial charge in [0, 0.05) is 11.1 Å². The molecule has 0 amide bonds. The van der Waals surface area contributed by atoms with Crippen LogP contribution in [-0.2, 0) is 0 Å². The van der Waals surface area contributed by atoms with E-state index in [2.05, 4.69) is 10.1 Å². The maximum absolute atomic E-state index is 8.91. The summed E-state index contributed by atoms with van der Waals surface area (Å²) in [5.74, 6) is 0. The van der Waals surface area contributed by atoms with Gasteiger partial charge in [-0.05, 0) is 19.1 Å². The van der Waals surface area contributed by atoms with Crippen LogP contribution in [0.1, 0.15) is 5.69 Å². The summed E-state index contributed by atoms with van der Waals surface area (Å²) in [6.07, 6.45) is 1.52. The summed E-state index contributed by atoms with van der Waals surface area (Å²) in [5.41, 5.74) is 1.48. The molecule has 0 aliphatic rings. The molecule has 0 radical (unpaired) electrons. The third-order valence-electron chi connectivity index (χ3n) is 1.50. The quantitative estimate of drug-likeness (QED) is 0.568. The number of aromatic nitrogens is 3. The van der Waals surface area contributed by atoms with Crippen molar-refractivity contribution in [3.63, 3.8) is 0 Å². The summed E-state index contributed by atoms with van der Waals surface area (Å²) < 4.78 is 0. The molecule has 2 aromatic rings. The van der Waals surface area contributed by atoms with Crippen molar-refractivity contribution in [1.29, 1.82) is 0 Å². The lowest BCUT2D eigenvalue weighted by molar-refractivity contribution is 0.151. The second kappa shape index (κ2) is 1.95. The molecule has 0 aliphatic heterocycles. The Morgan fingerprint density at radius 1 is 1.45 bits per heavy atom. The van der Waals surface area contributed by atoms with Crippen LogP contribution in [0.2, 0.25) is 0 Å². The predicted molar refractivity (Wildman–Crippen MR) is 39.4 cm³/mol. The predicted octanol–water partition coefficient (Wildman–Crippen LogP) is 0.977. The van der Waals surface area contributed by atoms with Gasteiger partial charge in [0.2, 0.25) is 0 Å². The smallest absolute Gasteiger partial charge is 0.184 e. The van der Waals surface area contributed by atoms with Crippen molar-refractivity contribution >= 4 is 11.0 Å². The summed E-state index contributed by atoms with van der Waals surface area (Å²) in [6, 6.07) is 3.75. The SMILES string of the molecule is Cc1ccc2cn(O)nc2n1. The van der Waals surface area contributed by atoms with Gasteiger partial charge in [-0.2, -0.15) is 0 Å². The van der Waals surface area contributed by atoms with Crippen LogP contribution in [-0.4, -0.2) is 20.1 Å². The van der Waals surface area contributed by atoms with Crippen LogP contribution in [0.15, 0.2) is 18.3 Å². The number of hydrogen-bond acceptors (Lipinski definition) is 3. The van der Waals surface area contributed by atoms with Crippen LogP contribution in [0.3, 0.4) is 0 Å². The largest absolute Gasteiger partial charge is 0.412 e. The highest BCUT2D eigenvalue weighted by Gasteiger charge is 1.99. The molecule has 4 nitrogen and oxygen atoms in total. The number of aryl methyl sites for hydroxylation is 1. The van der Waals surface area contributed by atoms with Crippen molar-refractivity contribution in [3.8, 4) is 0 Å². The average molecular weight is 149 g/mol. The van der Waals surface area contributed by atoms with E-state index in [9.17, 15) is 0 Å². The molecule has 56 valence electrons. The second-order valence-electron chi connectivity index (χ2n) is 2.41. The highest BCUT2D eigenvalue weighted by atomic mass is 16.5. The summed E-state index contributed by atoms with van der Waals surface area (Å²) in [7, 11) is 0. The van der Waals surface area contributed by atoms with E-state index in [0.29, 0.717) is 5.65 Å². The molecule has 0 aromatic carbocycles.